The summed E-state index contributed by atoms with van der Waals surface area (Å²) in [6.45, 7) is 6.54. The lowest BCUT2D eigenvalue weighted by Crippen LogP contribution is -2.22. The molecule has 94 valence electrons. The van der Waals surface area contributed by atoms with Crippen molar-refractivity contribution >= 4 is 17.8 Å². The van der Waals surface area contributed by atoms with E-state index in [0.717, 1.165) is 5.56 Å². The van der Waals surface area contributed by atoms with E-state index < -0.39 is 12.1 Å². The molecule has 0 aromatic heterocycles. The van der Waals surface area contributed by atoms with Crippen molar-refractivity contribution in [2.75, 3.05) is 0 Å². The van der Waals surface area contributed by atoms with Gasteiger partial charge in [0.25, 0.3) is 0 Å². The van der Waals surface area contributed by atoms with Crippen LogP contribution in [-0.2, 0) is 14.3 Å². The Morgan fingerprint density at radius 2 is 1.89 bits per heavy atom. The van der Waals surface area contributed by atoms with E-state index in [1.807, 2.05) is 30.3 Å². The molecule has 0 saturated carbocycles. The van der Waals surface area contributed by atoms with Crippen LogP contribution in [0.25, 0.3) is 6.08 Å². The average molecular weight is 244 g/mol. The molecule has 3 heteroatoms. The molecule has 0 N–H and O–H groups in total. The maximum absolute atomic E-state index is 11.7. The van der Waals surface area contributed by atoms with Crippen molar-refractivity contribution in [2.24, 2.45) is 0 Å². The Kier molecular flexibility index (Phi) is 5.06. The Balaban J connectivity index is 2.58. The Morgan fingerprint density at radius 3 is 2.44 bits per heavy atom. The van der Waals surface area contributed by atoms with Gasteiger partial charge < -0.3 is 4.74 Å². The lowest BCUT2D eigenvalue weighted by atomic mass is 10.1. The molecule has 0 aliphatic carbocycles. The fourth-order valence-electron chi connectivity index (χ4n) is 1.20. The molecule has 0 saturated heterocycles. The summed E-state index contributed by atoms with van der Waals surface area (Å²) in [5, 5.41) is 0. The number of benzene rings is 1. The number of hydrogen-bond acceptors (Lipinski definition) is 3. The van der Waals surface area contributed by atoms with E-state index in [1.54, 1.807) is 19.9 Å². The second-order valence-corrected chi connectivity index (χ2v) is 3.97. The molecule has 0 spiro atoms. The van der Waals surface area contributed by atoms with E-state index in [1.165, 1.54) is 6.08 Å². The average Bonchev–Trinajstić information content (AvgIpc) is 2.36. The predicted molar refractivity (Wildman–Crippen MR) is 70.9 cm³/mol. The van der Waals surface area contributed by atoms with Gasteiger partial charge in [-0.25, -0.2) is 4.79 Å². The third kappa shape index (κ3) is 4.37. The minimum Gasteiger partial charge on any atom is -0.451 e. The second-order valence-electron chi connectivity index (χ2n) is 3.97. The second kappa shape index (κ2) is 6.55. The topological polar surface area (TPSA) is 43.4 Å². The summed E-state index contributed by atoms with van der Waals surface area (Å²) in [6, 6.07) is 9.43. The van der Waals surface area contributed by atoms with Crippen LogP contribution in [0.4, 0.5) is 0 Å². The highest BCUT2D eigenvalue weighted by Crippen LogP contribution is 2.04. The molecule has 0 radical (unpaired) electrons. The van der Waals surface area contributed by atoms with Crippen LogP contribution in [0.5, 0.6) is 0 Å². The number of esters is 1. The van der Waals surface area contributed by atoms with E-state index in [-0.39, 0.29) is 11.4 Å². The van der Waals surface area contributed by atoms with Crippen LogP contribution in [0.3, 0.4) is 0 Å². The molecular formula is C15H16O3. The molecule has 0 bridgehead atoms. The molecule has 1 rings (SSSR count). The van der Waals surface area contributed by atoms with Gasteiger partial charge in [-0.05, 0) is 25.5 Å². The summed E-state index contributed by atoms with van der Waals surface area (Å²) in [5.74, 6) is -0.808. The number of ketones is 1. The third-order valence-electron chi connectivity index (χ3n) is 2.27. The van der Waals surface area contributed by atoms with Gasteiger partial charge >= 0.3 is 5.97 Å². The first-order valence-electron chi connectivity index (χ1n) is 5.64. The molecule has 1 atom stereocenters. The first kappa shape index (κ1) is 13.9. The molecule has 0 heterocycles. The smallest absolute Gasteiger partial charge is 0.333 e. The third-order valence-corrected chi connectivity index (χ3v) is 2.27. The first-order valence-corrected chi connectivity index (χ1v) is 5.64. The summed E-state index contributed by atoms with van der Waals surface area (Å²) in [6.07, 6.45) is 2.30. The van der Waals surface area contributed by atoms with Crippen molar-refractivity contribution in [1.82, 2.24) is 0 Å². The summed E-state index contributed by atoms with van der Waals surface area (Å²) in [5.41, 5.74) is 1.20. The highest BCUT2D eigenvalue weighted by Gasteiger charge is 2.15. The maximum Gasteiger partial charge on any atom is 0.333 e. The van der Waals surface area contributed by atoms with Crippen molar-refractivity contribution in [3.05, 3.63) is 54.1 Å². The van der Waals surface area contributed by atoms with Crippen molar-refractivity contribution in [3.8, 4) is 0 Å². The Bertz CT molecular complexity index is 472. The van der Waals surface area contributed by atoms with Gasteiger partial charge in [-0.1, -0.05) is 43.0 Å². The van der Waals surface area contributed by atoms with Crippen LogP contribution < -0.4 is 0 Å². The number of carbonyl (C=O) groups excluding carboxylic acids is 2. The van der Waals surface area contributed by atoms with Gasteiger partial charge in [0.2, 0.25) is 0 Å². The van der Waals surface area contributed by atoms with Gasteiger partial charge in [0.05, 0.1) is 0 Å². The van der Waals surface area contributed by atoms with Crippen LogP contribution in [0.15, 0.2) is 48.6 Å². The molecule has 1 aromatic carbocycles. The number of carbonyl (C=O) groups is 2. The number of hydrogen-bond donors (Lipinski definition) is 0. The Labute approximate surface area is 107 Å². The molecule has 0 aliphatic rings. The lowest BCUT2D eigenvalue weighted by Gasteiger charge is -2.09. The van der Waals surface area contributed by atoms with Crippen LogP contribution in [-0.4, -0.2) is 17.9 Å². The van der Waals surface area contributed by atoms with Crippen molar-refractivity contribution in [1.29, 1.82) is 0 Å². The van der Waals surface area contributed by atoms with Crippen LogP contribution in [0, 0.1) is 0 Å². The molecule has 0 amide bonds. The largest absolute Gasteiger partial charge is 0.451 e. The van der Waals surface area contributed by atoms with E-state index >= 15 is 0 Å². The molecular weight excluding hydrogens is 228 g/mol. The van der Waals surface area contributed by atoms with Gasteiger partial charge in [-0.2, -0.15) is 0 Å². The molecule has 18 heavy (non-hydrogen) atoms. The summed E-state index contributed by atoms with van der Waals surface area (Å²) in [7, 11) is 0. The van der Waals surface area contributed by atoms with E-state index in [2.05, 4.69) is 6.58 Å². The van der Waals surface area contributed by atoms with Gasteiger partial charge in [0, 0.05) is 5.57 Å². The van der Waals surface area contributed by atoms with Gasteiger partial charge in [0.15, 0.2) is 11.9 Å². The predicted octanol–water partition coefficient (Wildman–Crippen LogP) is 2.78. The summed E-state index contributed by atoms with van der Waals surface area (Å²) in [4.78, 5) is 22.9. The lowest BCUT2D eigenvalue weighted by molar-refractivity contribution is -0.148. The molecule has 0 aliphatic heterocycles. The maximum atomic E-state index is 11.7. The summed E-state index contributed by atoms with van der Waals surface area (Å²) < 4.78 is 4.92. The van der Waals surface area contributed by atoms with E-state index in [4.69, 9.17) is 4.74 Å². The summed E-state index contributed by atoms with van der Waals surface area (Å²) >= 11 is 0. The van der Waals surface area contributed by atoms with Crippen molar-refractivity contribution < 1.29 is 14.3 Å². The standard InChI is InChI=1S/C15H16O3/c1-11(2)15(17)18-12(3)14(16)10-9-13-7-5-4-6-8-13/h4-10,12H,1H2,2-3H3. The van der Waals surface area contributed by atoms with Crippen LogP contribution >= 0.6 is 0 Å². The van der Waals surface area contributed by atoms with Crippen molar-refractivity contribution in [3.63, 3.8) is 0 Å². The van der Waals surface area contributed by atoms with Crippen molar-refractivity contribution in [2.45, 2.75) is 20.0 Å². The highest BCUT2D eigenvalue weighted by atomic mass is 16.5. The zero-order chi connectivity index (χ0) is 13.5. The minimum absolute atomic E-state index is 0.256. The van der Waals surface area contributed by atoms with Gasteiger partial charge in [-0.3, -0.25) is 4.79 Å². The van der Waals surface area contributed by atoms with Gasteiger partial charge in [-0.15, -0.1) is 0 Å². The van der Waals surface area contributed by atoms with Crippen LogP contribution in [0.2, 0.25) is 0 Å². The molecule has 1 aromatic rings. The van der Waals surface area contributed by atoms with Crippen LogP contribution in [0.1, 0.15) is 19.4 Å². The first-order chi connectivity index (χ1) is 8.50. The normalized spacial score (nSPS) is 12.1. The monoisotopic (exact) mass is 244 g/mol. The zero-order valence-corrected chi connectivity index (χ0v) is 10.6. The Morgan fingerprint density at radius 1 is 1.28 bits per heavy atom. The zero-order valence-electron chi connectivity index (χ0n) is 10.6. The van der Waals surface area contributed by atoms with E-state index in [9.17, 15) is 9.59 Å². The molecule has 3 nitrogen and oxygen atoms in total. The fraction of sp³-hybridized carbons (Fsp3) is 0.200. The Hall–Kier alpha value is -2.16. The number of ether oxygens (including phenoxy) is 1. The quantitative estimate of drug-likeness (QED) is 0.591. The SMILES string of the molecule is C=C(C)C(=O)OC(C)C(=O)C=Cc1ccccc1. The highest BCUT2D eigenvalue weighted by molar-refractivity contribution is 5.98. The number of rotatable bonds is 5. The fourth-order valence-corrected chi connectivity index (χ4v) is 1.20. The molecule has 0 fully saturated rings. The molecule has 1 unspecified atom stereocenters. The van der Waals surface area contributed by atoms with E-state index in [0.29, 0.717) is 0 Å². The minimum atomic E-state index is -0.797. The van der Waals surface area contributed by atoms with Gasteiger partial charge in [0.1, 0.15) is 0 Å².